The van der Waals surface area contributed by atoms with Crippen LogP contribution in [0.2, 0.25) is 0 Å². The van der Waals surface area contributed by atoms with E-state index in [1.165, 1.54) is 61.7 Å². The maximum atomic E-state index is 11.7. The van der Waals surface area contributed by atoms with Gasteiger partial charge in [0.1, 0.15) is 0 Å². The van der Waals surface area contributed by atoms with E-state index in [1.807, 2.05) is 0 Å². The number of anilines is 12. The van der Waals surface area contributed by atoms with E-state index in [2.05, 4.69) is 0 Å². The molecule has 0 fully saturated rings. The van der Waals surface area contributed by atoms with Crippen LogP contribution in [-0.2, 0) is 0 Å². The second-order valence-corrected chi connectivity index (χ2v) is 32.3. The lowest BCUT2D eigenvalue weighted by molar-refractivity contribution is 1.16. The van der Waals surface area contributed by atoms with Crippen molar-refractivity contribution in [3.63, 3.8) is 0 Å². The number of benzene rings is 18. The van der Waals surface area contributed by atoms with Crippen molar-refractivity contribution in [3.8, 4) is 83.6 Å². The first-order chi connectivity index (χ1) is 76.6. The van der Waals surface area contributed by atoms with E-state index in [0.29, 0.717) is 77.9 Å². The van der Waals surface area contributed by atoms with Gasteiger partial charge in [-0.25, -0.2) is 0 Å². The monoisotopic (exact) mass is 1640 g/mol. The largest absolute Gasteiger partial charge is 0.311 e. The molecule has 0 radical (unpaired) electrons. The van der Waals surface area contributed by atoms with Gasteiger partial charge in [0.2, 0.25) is 0 Å². The quantitative estimate of drug-likeness (QED) is 0.113. The van der Waals surface area contributed by atoms with Gasteiger partial charge in [0, 0.05) is 84.5 Å². The molecule has 23 rings (SSSR count). The Hall–Kier alpha value is -14.9. The van der Waals surface area contributed by atoms with Crippen LogP contribution in [0.3, 0.4) is 0 Å². The summed E-state index contributed by atoms with van der Waals surface area (Å²) in [6.07, 6.45) is 0. The van der Waals surface area contributed by atoms with Crippen molar-refractivity contribution in [2.45, 2.75) is 69.2 Å². The van der Waals surface area contributed by atoms with Crippen molar-refractivity contribution in [1.29, 1.82) is 0 Å². The second kappa shape index (κ2) is 29.4. The summed E-state index contributed by atoms with van der Waals surface area (Å²) in [6.45, 7) is 13.6. The summed E-state index contributed by atoms with van der Waals surface area (Å²) in [4.78, 5) is 4.91. The number of rotatable bonds is 12. The number of fused-ring (bicyclic) bond motifs is 11. The Balaban J connectivity index is 1.01. The van der Waals surface area contributed by atoms with Crippen LogP contribution >= 0.6 is 0 Å². The first kappa shape index (κ1) is 45.8. The van der Waals surface area contributed by atoms with Crippen molar-refractivity contribution in [3.05, 3.63) is 425 Å². The summed E-state index contributed by atoms with van der Waals surface area (Å²) in [7, 11) is 0. The standard InChI is InChI=1S/C118H91B2N5/c1-72-31-25-32-73(2)111(72)84-53-58-91(59-54-84)122-104-62-57-87(114-78(7)37-28-38-79(114)8)65-98(104)120-99-70-100-106(71-105(99)123(90-47-21-14-22-48-90)108-67-88(66-107(122)116(108)120)115-80(9)39-29-40-81(115)10)125(118-93(82-41-15-11-16-42-82)49-30-50-94(118)83-43-17-12-18-44-83)110-69-92(68-109-117(110)119(100)97-51-23-24-52-103(97)121(109)89-45-19-13-20-46-89)124-101-60-55-85(112-74(3)33-26-34-75(112)4)63-95(101)96-64-86(56-61-102(96)124)113-76(5)35-27-36-77(113)6/h11-71H,1-10H3/i11D,12D,13D,14D,15D,16D,17D,18D,19D,20D,21D,22D,23D,24D,41D,42D,43D,44D,45D,46D,47D,48D,51D,52D,53D,54D,55D,56D,57D,58D,59D,60D,61D,62D,63D,64D,65D. The molecule has 7 heteroatoms. The lowest BCUT2D eigenvalue weighted by atomic mass is 9.30. The van der Waals surface area contributed by atoms with Crippen molar-refractivity contribution in [1.82, 2.24) is 4.57 Å². The second-order valence-electron chi connectivity index (χ2n) is 32.3. The van der Waals surface area contributed by atoms with Crippen LogP contribution in [0.4, 0.5) is 68.2 Å². The highest BCUT2D eigenvalue weighted by Crippen LogP contribution is 2.55. The average Bonchev–Trinajstić information content (AvgIpc) is 0.905. The molecule has 18 aromatic carbocycles. The van der Waals surface area contributed by atoms with Crippen LogP contribution in [-0.4, -0.2) is 18.0 Å². The fraction of sp³-hybridized carbons (Fsp3) is 0.0847. The minimum absolute atomic E-state index is 0.0633. The van der Waals surface area contributed by atoms with Crippen LogP contribution in [0.25, 0.3) is 105 Å². The Bertz CT molecular complexity index is 9670. The van der Waals surface area contributed by atoms with Gasteiger partial charge in [-0.2, -0.15) is 0 Å². The fourth-order valence-electron chi connectivity index (χ4n) is 19.7. The van der Waals surface area contributed by atoms with E-state index in [4.69, 9.17) is 0 Å². The third-order valence-electron chi connectivity index (χ3n) is 24.9. The third-order valence-corrected chi connectivity index (χ3v) is 24.9. The zero-order valence-electron chi connectivity index (χ0n) is 106. The molecule has 0 atom stereocenters. The third kappa shape index (κ3) is 11.8. The van der Waals surface area contributed by atoms with Crippen LogP contribution < -0.4 is 52.4 Å². The SMILES string of the molecule is [2H]c1c([2H])c([2H])c(-c2cccc(-c3c([2H])c([2H])c([2H])c([2H])c3[2H])c2N2c3cc4c(cc3B3c5c2cc(-n2c6c([2H])c([2H])c(-c7c(C)cccc7C)c([2H])c6c6c([2H])c(-c7c(C)cccc7C)c([2H])c([2H])c62)cc5N(c2c([2H])c([2H])c([2H])c([2H])c2[2H])c2c([2H])c([2H])c([2H])c([2H])c23)B2c3c(cc(-c5c(C)cccc5C)cc3N(c3c([2H])c([2H])c(-c5c(C)cccc5C)c([2H])c3[2H])c3c([2H])c([2H])c(-c5c(C)cccc5C)c([2H])c32)N4c2c([2H])c([2H])c([2H])c([2H])c2[2H])c([2H])c1[2H]. The molecule has 0 N–H and O–H groups in total. The van der Waals surface area contributed by atoms with Crippen LogP contribution in [0.5, 0.6) is 0 Å². The molecule has 4 aliphatic rings. The first-order valence-electron chi connectivity index (χ1n) is 59.5. The summed E-state index contributed by atoms with van der Waals surface area (Å²) in [5.74, 6) is 0. The molecule has 594 valence electrons. The Morgan fingerprint density at radius 1 is 0.224 bits per heavy atom. The Labute approximate surface area is 785 Å². The van der Waals surface area contributed by atoms with Gasteiger partial charge in [-0.3, -0.25) is 0 Å². The van der Waals surface area contributed by atoms with Gasteiger partial charge in [0.25, 0.3) is 13.4 Å². The predicted octanol–water partition coefficient (Wildman–Crippen LogP) is 27.7. The first-order valence-corrected chi connectivity index (χ1v) is 41.0. The van der Waals surface area contributed by atoms with E-state index in [0.717, 1.165) is 4.90 Å². The predicted molar refractivity (Wildman–Crippen MR) is 534 cm³/mol. The molecule has 0 aliphatic carbocycles. The lowest BCUT2D eigenvalue weighted by Gasteiger charge is -2.48. The molecular weight excluding hydrogens is 1510 g/mol. The molecule has 0 saturated heterocycles. The molecule has 19 aromatic rings. The molecule has 0 amide bonds. The average molecular weight is 1640 g/mol. The van der Waals surface area contributed by atoms with Gasteiger partial charge >= 0.3 is 0 Å². The minimum Gasteiger partial charge on any atom is -0.311 e. The maximum Gasteiger partial charge on any atom is 0.252 e. The highest BCUT2D eigenvalue weighted by atomic mass is 15.2. The van der Waals surface area contributed by atoms with Crippen molar-refractivity contribution >= 4 is 136 Å². The summed E-state index contributed by atoms with van der Waals surface area (Å²) in [5, 5.41) is -0.563. The number of aryl methyl sites for hydroxylation is 10. The molecule has 5 nitrogen and oxygen atoms in total. The molecular formula is C118H91B2N5. The van der Waals surface area contributed by atoms with Gasteiger partial charge in [0.05, 0.1) is 73.1 Å². The topological polar surface area (TPSA) is 17.9 Å². The van der Waals surface area contributed by atoms with Gasteiger partial charge < -0.3 is 24.2 Å². The number of para-hydroxylation sites is 4. The van der Waals surface area contributed by atoms with E-state index in [-0.39, 0.29) is 88.5 Å². The molecule has 5 heterocycles. The van der Waals surface area contributed by atoms with E-state index in [9.17, 15) is 50.7 Å². The van der Waals surface area contributed by atoms with Crippen molar-refractivity contribution in [2.75, 3.05) is 19.6 Å². The minimum atomic E-state index is -2.05. The maximum absolute atomic E-state index is 11.7. The summed E-state index contributed by atoms with van der Waals surface area (Å²) in [6, 6.07) is 7.58. The molecule has 0 saturated carbocycles. The van der Waals surface area contributed by atoms with Crippen LogP contribution in [0, 0.1) is 69.2 Å². The van der Waals surface area contributed by atoms with E-state index in [1.54, 1.807) is 172 Å². The van der Waals surface area contributed by atoms with Gasteiger partial charge in [0.15, 0.2) is 0 Å². The zero-order chi connectivity index (χ0) is 117. The van der Waals surface area contributed by atoms with E-state index < -0.39 is 333 Å². The highest BCUT2D eigenvalue weighted by Gasteiger charge is 2.50. The molecule has 1 aromatic heterocycles. The summed E-state index contributed by atoms with van der Waals surface area (Å²) < 4.78 is 385. The molecule has 0 unspecified atom stereocenters. The number of aromatic nitrogens is 1. The summed E-state index contributed by atoms with van der Waals surface area (Å²) in [5.41, 5.74) is -4.48. The Morgan fingerprint density at radius 3 is 1.02 bits per heavy atom. The van der Waals surface area contributed by atoms with Gasteiger partial charge in [-0.05, 0) is 327 Å². The van der Waals surface area contributed by atoms with Crippen molar-refractivity contribution < 1.29 is 50.7 Å². The molecule has 0 spiro atoms. The molecule has 4 aliphatic heterocycles. The molecule has 125 heavy (non-hydrogen) atoms. The van der Waals surface area contributed by atoms with Gasteiger partial charge in [-0.15, -0.1) is 0 Å². The number of hydrogen-bond donors (Lipinski definition) is 0. The zero-order valence-corrected chi connectivity index (χ0v) is 69.2. The molecule has 0 bridgehead atoms. The van der Waals surface area contributed by atoms with E-state index >= 15 is 0 Å². The fourth-order valence-corrected chi connectivity index (χ4v) is 19.7. The van der Waals surface area contributed by atoms with Crippen LogP contribution in [0.15, 0.2) is 369 Å². The lowest BCUT2D eigenvalue weighted by Crippen LogP contribution is -2.65. The summed E-state index contributed by atoms with van der Waals surface area (Å²) >= 11 is 0. The van der Waals surface area contributed by atoms with Gasteiger partial charge in [-0.1, -0.05) is 266 Å². The Kier molecular flexibility index (Phi) is 10.8. The number of nitrogens with zero attached hydrogens (tertiary/aromatic N) is 5. The normalized spacial score (nSPS) is 16.9. The highest BCUT2D eigenvalue weighted by molar-refractivity contribution is 7.03. The smallest absolute Gasteiger partial charge is 0.252 e. The van der Waals surface area contributed by atoms with Crippen molar-refractivity contribution in [2.24, 2.45) is 0 Å². The van der Waals surface area contributed by atoms with Crippen LogP contribution in [0.1, 0.15) is 106 Å². The Morgan fingerprint density at radius 2 is 0.560 bits per heavy atom. The number of hydrogen-bond acceptors (Lipinski definition) is 4.